The summed E-state index contributed by atoms with van der Waals surface area (Å²) >= 11 is 6.15. The van der Waals surface area contributed by atoms with E-state index in [1.807, 2.05) is 0 Å². The van der Waals surface area contributed by atoms with Crippen molar-refractivity contribution in [3.63, 3.8) is 0 Å². The van der Waals surface area contributed by atoms with Gasteiger partial charge in [-0.1, -0.05) is 29.8 Å². The fourth-order valence-electron chi connectivity index (χ4n) is 2.95. The Morgan fingerprint density at radius 2 is 1.84 bits per heavy atom. The van der Waals surface area contributed by atoms with E-state index in [-0.39, 0.29) is 34.4 Å². The molecule has 0 aliphatic carbocycles. The van der Waals surface area contributed by atoms with E-state index in [2.05, 4.69) is 15.0 Å². The van der Waals surface area contributed by atoms with Crippen LogP contribution in [0.5, 0.6) is 17.2 Å². The summed E-state index contributed by atoms with van der Waals surface area (Å²) in [7, 11) is -2.45. The van der Waals surface area contributed by atoms with Crippen LogP contribution in [0.2, 0.25) is 5.02 Å². The van der Waals surface area contributed by atoms with Gasteiger partial charge in [0.2, 0.25) is 5.96 Å². The van der Waals surface area contributed by atoms with Crippen LogP contribution in [0.15, 0.2) is 70.6 Å². The van der Waals surface area contributed by atoms with Crippen molar-refractivity contribution in [3.8, 4) is 17.2 Å². The highest BCUT2D eigenvalue weighted by Crippen LogP contribution is 2.38. The average Bonchev–Trinajstić information content (AvgIpc) is 2.75. The quantitative estimate of drug-likeness (QED) is 0.582. The molecule has 0 saturated carbocycles. The molecule has 1 heterocycles. The van der Waals surface area contributed by atoms with E-state index >= 15 is 0 Å². The minimum atomic E-state index is -3.92. The van der Waals surface area contributed by atoms with Crippen LogP contribution in [0, 0.1) is 5.82 Å². The van der Waals surface area contributed by atoms with E-state index in [1.54, 1.807) is 36.4 Å². The van der Waals surface area contributed by atoms with Crippen molar-refractivity contribution in [2.24, 2.45) is 4.99 Å². The first-order chi connectivity index (χ1) is 14.9. The number of hydrogen-bond acceptors (Lipinski definition) is 5. The second-order valence-electron chi connectivity index (χ2n) is 6.51. The molecule has 3 aromatic carbocycles. The molecule has 7 nitrogen and oxygen atoms in total. The molecule has 31 heavy (non-hydrogen) atoms. The van der Waals surface area contributed by atoms with Gasteiger partial charge in [-0.05, 0) is 42.5 Å². The Hall–Kier alpha value is -3.30. The SMILES string of the molecule is COc1ccc(F)c(CN=C2Nc3c(Oc4ccccc4Cl)cccc3S(=O)(=O)N2)c1. The number of nitrogens with zero attached hydrogens (tertiary/aromatic N) is 1. The molecular weight excluding hydrogens is 445 g/mol. The van der Waals surface area contributed by atoms with Crippen molar-refractivity contribution in [2.75, 3.05) is 12.4 Å². The Kier molecular flexibility index (Phi) is 5.71. The molecule has 0 fully saturated rings. The molecule has 0 amide bonds. The highest BCUT2D eigenvalue weighted by molar-refractivity contribution is 7.90. The van der Waals surface area contributed by atoms with Crippen molar-refractivity contribution in [3.05, 3.63) is 77.1 Å². The molecule has 0 aromatic heterocycles. The zero-order valence-corrected chi connectivity index (χ0v) is 17.8. The zero-order valence-electron chi connectivity index (χ0n) is 16.2. The standard InChI is InChI=1S/C21H17ClFN3O4S/c1-29-14-9-10-16(23)13(11-14)12-24-21-25-20-18(30-17-6-3-2-5-15(17)22)7-4-8-19(20)31(27,28)26-21/h2-11H,12H2,1H3,(H2,24,25,26). The van der Waals surface area contributed by atoms with Gasteiger partial charge in [0.25, 0.3) is 10.0 Å². The fourth-order valence-corrected chi connectivity index (χ4v) is 4.28. The number of hydrogen-bond donors (Lipinski definition) is 2. The fraction of sp³-hybridized carbons (Fsp3) is 0.0952. The molecule has 160 valence electrons. The maximum Gasteiger partial charge on any atom is 0.266 e. The molecular formula is C21H17ClFN3O4S. The third kappa shape index (κ3) is 4.42. The molecule has 0 saturated heterocycles. The number of rotatable bonds is 5. The number of guanidine groups is 1. The number of nitrogens with one attached hydrogen (secondary N) is 2. The van der Waals surface area contributed by atoms with Gasteiger partial charge in [-0.3, -0.25) is 0 Å². The Labute approximate surface area is 183 Å². The molecule has 10 heteroatoms. The maximum absolute atomic E-state index is 14.1. The first-order valence-corrected chi connectivity index (χ1v) is 11.0. The topological polar surface area (TPSA) is 89.0 Å². The van der Waals surface area contributed by atoms with Gasteiger partial charge in [-0.15, -0.1) is 0 Å². The molecule has 1 aliphatic rings. The highest BCUT2D eigenvalue weighted by atomic mass is 35.5. The number of benzene rings is 3. The van der Waals surface area contributed by atoms with Gasteiger partial charge in [0.15, 0.2) is 5.75 Å². The molecule has 0 bridgehead atoms. The summed E-state index contributed by atoms with van der Waals surface area (Å²) in [6.07, 6.45) is 0. The number of anilines is 1. The molecule has 1 aliphatic heterocycles. The maximum atomic E-state index is 14.1. The van der Waals surface area contributed by atoms with Crippen LogP contribution in [0.25, 0.3) is 0 Å². The van der Waals surface area contributed by atoms with Crippen molar-refractivity contribution < 1.29 is 22.3 Å². The van der Waals surface area contributed by atoms with Crippen molar-refractivity contribution in [2.45, 2.75) is 11.4 Å². The predicted molar refractivity (Wildman–Crippen MR) is 116 cm³/mol. The summed E-state index contributed by atoms with van der Waals surface area (Å²) in [6, 6.07) is 15.7. The number of ether oxygens (including phenoxy) is 2. The van der Waals surface area contributed by atoms with Gasteiger partial charge in [0.05, 0.1) is 18.7 Å². The van der Waals surface area contributed by atoms with Crippen LogP contribution in [0.4, 0.5) is 10.1 Å². The Balaban J connectivity index is 1.67. The molecule has 0 unspecified atom stereocenters. The van der Waals surface area contributed by atoms with Crippen LogP contribution < -0.4 is 19.5 Å². The molecule has 0 atom stereocenters. The van der Waals surface area contributed by atoms with Gasteiger partial charge >= 0.3 is 0 Å². The van der Waals surface area contributed by atoms with E-state index in [1.165, 1.54) is 31.4 Å². The van der Waals surface area contributed by atoms with Gasteiger partial charge in [0.1, 0.15) is 27.9 Å². The van der Waals surface area contributed by atoms with E-state index in [9.17, 15) is 12.8 Å². The first kappa shape index (κ1) is 21.0. The molecule has 0 spiro atoms. The summed E-state index contributed by atoms with van der Waals surface area (Å²) in [5, 5.41) is 3.29. The minimum absolute atomic E-state index is 0.0106. The van der Waals surface area contributed by atoms with Gasteiger partial charge in [-0.2, -0.15) is 0 Å². The lowest BCUT2D eigenvalue weighted by Crippen LogP contribution is -2.40. The van der Waals surface area contributed by atoms with E-state index < -0.39 is 15.8 Å². The van der Waals surface area contributed by atoms with Crippen LogP contribution in [-0.2, 0) is 16.6 Å². The number of fused-ring (bicyclic) bond motifs is 1. The molecule has 3 aromatic rings. The third-order valence-corrected chi connectivity index (χ3v) is 6.16. The lowest BCUT2D eigenvalue weighted by atomic mass is 10.2. The first-order valence-electron chi connectivity index (χ1n) is 9.09. The molecule has 4 rings (SSSR count). The van der Waals surface area contributed by atoms with Crippen LogP contribution in [-0.4, -0.2) is 21.5 Å². The number of aliphatic imine (C=N–C) groups is 1. The molecule has 0 radical (unpaired) electrons. The summed E-state index contributed by atoms with van der Waals surface area (Å²) in [6.45, 7) is -0.114. The number of para-hydroxylation sites is 2. The smallest absolute Gasteiger partial charge is 0.266 e. The highest BCUT2D eigenvalue weighted by Gasteiger charge is 2.29. The van der Waals surface area contributed by atoms with Gasteiger partial charge < -0.3 is 14.8 Å². The summed E-state index contributed by atoms with van der Waals surface area (Å²) in [5.74, 6) is 0.537. The van der Waals surface area contributed by atoms with Gasteiger partial charge in [0, 0.05) is 5.56 Å². The van der Waals surface area contributed by atoms with Crippen LogP contribution >= 0.6 is 11.6 Å². The van der Waals surface area contributed by atoms with Crippen molar-refractivity contribution >= 4 is 33.3 Å². The van der Waals surface area contributed by atoms with E-state index in [0.717, 1.165) is 0 Å². The zero-order chi connectivity index (χ0) is 22.0. The summed E-state index contributed by atoms with van der Waals surface area (Å²) < 4.78 is 52.8. The monoisotopic (exact) mass is 461 g/mol. The van der Waals surface area contributed by atoms with Gasteiger partial charge in [-0.25, -0.2) is 22.5 Å². The summed E-state index contributed by atoms with van der Waals surface area (Å²) in [4.78, 5) is 4.18. The van der Waals surface area contributed by atoms with E-state index in [0.29, 0.717) is 16.5 Å². The average molecular weight is 462 g/mol. The Bertz CT molecular complexity index is 1280. The Morgan fingerprint density at radius 3 is 2.61 bits per heavy atom. The third-order valence-electron chi connectivity index (χ3n) is 4.47. The number of sulfonamides is 1. The van der Waals surface area contributed by atoms with Crippen molar-refractivity contribution in [1.29, 1.82) is 0 Å². The lowest BCUT2D eigenvalue weighted by molar-refractivity contribution is 0.413. The number of halogens is 2. The number of methoxy groups -OCH3 is 1. The second kappa shape index (κ2) is 8.44. The van der Waals surface area contributed by atoms with Crippen LogP contribution in [0.3, 0.4) is 0 Å². The second-order valence-corrected chi connectivity index (χ2v) is 8.57. The lowest BCUT2D eigenvalue weighted by Gasteiger charge is -2.23. The normalized spacial score (nSPS) is 15.5. The predicted octanol–water partition coefficient (Wildman–Crippen LogP) is 4.54. The molecule has 2 N–H and O–H groups in total. The van der Waals surface area contributed by atoms with E-state index in [4.69, 9.17) is 21.1 Å². The van der Waals surface area contributed by atoms with Crippen molar-refractivity contribution in [1.82, 2.24) is 4.72 Å². The summed E-state index contributed by atoms with van der Waals surface area (Å²) in [5.41, 5.74) is 0.449. The van der Waals surface area contributed by atoms with Crippen LogP contribution in [0.1, 0.15) is 5.56 Å². The largest absolute Gasteiger partial charge is 0.497 e. The minimum Gasteiger partial charge on any atom is -0.497 e. The Morgan fingerprint density at radius 1 is 1.06 bits per heavy atom.